The quantitative estimate of drug-likeness (QED) is 0.910. The molecule has 2 aromatic rings. The number of rotatable bonds is 3. The molecule has 120 valence electrons. The number of hydrogen-bond donors (Lipinski definition) is 1. The van der Waals surface area contributed by atoms with Crippen LogP contribution in [0.15, 0.2) is 41.8 Å². The van der Waals surface area contributed by atoms with Crippen molar-refractivity contribution in [1.82, 2.24) is 4.90 Å². The van der Waals surface area contributed by atoms with Crippen LogP contribution in [-0.4, -0.2) is 29.3 Å². The summed E-state index contributed by atoms with van der Waals surface area (Å²) in [6, 6.07) is 10.2. The number of nitrogens with zero attached hydrogens (tertiary/aromatic N) is 1. The highest BCUT2D eigenvalue weighted by molar-refractivity contribution is 7.12. The average molecular weight is 349 g/mol. The van der Waals surface area contributed by atoms with Gasteiger partial charge in [-0.05, 0) is 48.9 Å². The van der Waals surface area contributed by atoms with Gasteiger partial charge in [0.15, 0.2) is 0 Å². The van der Waals surface area contributed by atoms with Gasteiger partial charge in [0.05, 0.1) is 4.88 Å². The van der Waals surface area contributed by atoms with Crippen LogP contribution in [0.5, 0.6) is 0 Å². The molecular weight excluding hydrogens is 332 g/mol. The molecule has 1 N–H and O–H groups in total. The van der Waals surface area contributed by atoms with Crippen LogP contribution in [0.2, 0.25) is 5.02 Å². The number of carbonyl (C=O) groups excluding carboxylic acids is 2. The third-order valence-electron chi connectivity index (χ3n) is 3.89. The van der Waals surface area contributed by atoms with Crippen molar-refractivity contribution in [3.05, 3.63) is 51.7 Å². The summed E-state index contributed by atoms with van der Waals surface area (Å²) in [4.78, 5) is 27.6. The Labute approximate surface area is 144 Å². The first-order valence-corrected chi connectivity index (χ1v) is 8.82. The predicted octanol–water partition coefficient (Wildman–Crippen LogP) is 4.03. The Morgan fingerprint density at radius 3 is 2.83 bits per heavy atom. The van der Waals surface area contributed by atoms with Gasteiger partial charge in [0.1, 0.15) is 6.04 Å². The minimum Gasteiger partial charge on any atom is -0.326 e. The van der Waals surface area contributed by atoms with Crippen molar-refractivity contribution in [2.75, 3.05) is 11.9 Å². The maximum absolute atomic E-state index is 12.6. The molecule has 4 nitrogen and oxygen atoms in total. The van der Waals surface area contributed by atoms with E-state index in [0.717, 1.165) is 12.8 Å². The van der Waals surface area contributed by atoms with Crippen LogP contribution >= 0.6 is 22.9 Å². The largest absolute Gasteiger partial charge is 0.326 e. The zero-order valence-corrected chi connectivity index (χ0v) is 14.1. The van der Waals surface area contributed by atoms with E-state index in [4.69, 9.17) is 11.6 Å². The van der Waals surface area contributed by atoms with Crippen molar-refractivity contribution in [3.63, 3.8) is 0 Å². The number of anilines is 1. The van der Waals surface area contributed by atoms with E-state index in [1.807, 2.05) is 11.4 Å². The number of nitrogens with one attached hydrogen (secondary N) is 1. The number of amides is 2. The summed E-state index contributed by atoms with van der Waals surface area (Å²) < 4.78 is 0. The Balaban J connectivity index is 1.75. The Kier molecular flexibility index (Phi) is 4.98. The Morgan fingerprint density at radius 2 is 2.09 bits per heavy atom. The van der Waals surface area contributed by atoms with Gasteiger partial charge in [0.2, 0.25) is 5.91 Å². The fourth-order valence-corrected chi connectivity index (χ4v) is 3.65. The number of thiophene rings is 1. The third-order valence-corrected chi connectivity index (χ3v) is 4.98. The van der Waals surface area contributed by atoms with Crippen LogP contribution in [0, 0.1) is 0 Å². The van der Waals surface area contributed by atoms with Gasteiger partial charge < -0.3 is 10.2 Å². The molecule has 1 aliphatic heterocycles. The molecule has 0 aliphatic carbocycles. The van der Waals surface area contributed by atoms with Crippen molar-refractivity contribution in [3.8, 4) is 0 Å². The summed E-state index contributed by atoms with van der Waals surface area (Å²) >= 11 is 7.35. The minimum absolute atomic E-state index is 0.0639. The number of benzene rings is 1. The molecule has 1 unspecified atom stereocenters. The molecule has 0 spiro atoms. The molecule has 1 fully saturated rings. The van der Waals surface area contributed by atoms with Crippen molar-refractivity contribution in [2.45, 2.75) is 25.3 Å². The summed E-state index contributed by atoms with van der Waals surface area (Å²) in [5.41, 5.74) is 0.650. The molecule has 0 bridgehead atoms. The Hall–Kier alpha value is -1.85. The normalized spacial score (nSPS) is 17.8. The van der Waals surface area contributed by atoms with E-state index >= 15 is 0 Å². The van der Waals surface area contributed by atoms with Crippen molar-refractivity contribution >= 4 is 40.4 Å². The second kappa shape index (κ2) is 7.15. The highest BCUT2D eigenvalue weighted by Crippen LogP contribution is 2.23. The molecule has 0 saturated carbocycles. The van der Waals surface area contributed by atoms with Gasteiger partial charge in [-0.15, -0.1) is 11.3 Å². The molecule has 23 heavy (non-hydrogen) atoms. The van der Waals surface area contributed by atoms with Gasteiger partial charge in [-0.25, -0.2) is 0 Å². The molecule has 1 aromatic heterocycles. The lowest BCUT2D eigenvalue weighted by Gasteiger charge is -2.34. The monoisotopic (exact) mass is 348 g/mol. The van der Waals surface area contributed by atoms with Gasteiger partial charge in [-0.3, -0.25) is 9.59 Å². The molecule has 2 heterocycles. The number of halogens is 1. The fourth-order valence-electron chi connectivity index (χ4n) is 2.78. The van der Waals surface area contributed by atoms with E-state index in [1.54, 1.807) is 35.2 Å². The zero-order valence-electron chi connectivity index (χ0n) is 12.5. The second-order valence-corrected chi connectivity index (χ2v) is 6.87. The molecule has 2 amide bonds. The van der Waals surface area contributed by atoms with Gasteiger partial charge in [0.25, 0.3) is 5.91 Å². The molecule has 1 aliphatic rings. The maximum atomic E-state index is 12.6. The second-order valence-electron chi connectivity index (χ2n) is 5.49. The number of piperidine rings is 1. The summed E-state index contributed by atoms with van der Waals surface area (Å²) in [6.07, 6.45) is 2.56. The molecule has 6 heteroatoms. The third kappa shape index (κ3) is 3.74. The lowest BCUT2D eigenvalue weighted by Crippen LogP contribution is -2.49. The lowest BCUT2D eigenvalue weighted by atomic mass is 10.0. The lowest BCUT2D eigenvalue weighted by molar-refractivity contribution is -0.121. The SMILES string of the molecule is O=C(Nc1cccc(Cl)c1)C1CCCCN1C(=O)c1cccs1. The summed E-state index contributed by atoms with van der Waals surface area (Å²) in [5.74, 6) is -0.220. The smallest absolute Gasteiger partial charge is 0.264 e. The van der Waals surface area contributed by atoms with Crippen LogP contribution in [0.3, 0.4) is 0 Å². The van der Waals surface area contributed by atoms with Crippen LogP contribution in [-0.2, 0) is 4.79 Å². The molecular formula is C17H17ClN2O2S. The fraction of sp³-hybridized carbons (Fsp3) is 0.294. The molecule has 1 saturated heterocycles. The van der Waals surface area contributed by atoms with E-state index in [2.05, 4.69) is 5.32 Å². The van der Waals surface area contributed by atoms with Crippen molar-refractivity contribution in [2.24, 2.45) is 0 Å². The topological polar surface area (TPSA) is 49.4 Å². The first kappa shape index (κ1) is 16.0. The van der Waals surface area contributed by atoms with E-state index in [9.17, 15) is 9.59 Å². The van der Waals surface area contributed by atoms with E-state index in [0.29, 0.717) is 28.6 Å². The predicted molar refractivity (Wildman–Crippen MR) is 93.1 cm³/mol. The van der Waals surface area contributed by atoms with Gasteiger partial charge >= 0.3 is 0 Å². The standard InChI is InChI=1S/C17H17ClN2O2S/c18-12-5-3-6-13(11-12)19-16(21)14-7-1-2-9-20(14)17(22)15-8-4-10-23-15/h3-6,8,10-11,14H,1-2,7,9H2,(H,19,21). The summed E-state index contributed by atoms with van der Waals surface area (Å²) in [6.45, 7) is 0.615. The van der Waals surface area contributed by atoms with Gasteiger partial charge in [0, 0.05) is 17.3 Å². The van der Waals surface area contributed by atoms with Crippen LogP contribution < -0.4 is 5.32 Å². The Bertz CT molecular complexity index is 702. The highest BCUT2D eigenvalue weighted by Gasteiger charge is 2.33. The van der Waals surface area contributed by atoms with E-state index in [-0.39, 0.29) is 11.8 Å². The first-order chi connectivity index (χ1) is 11.1. The van der Waals surface area contributed by atoms with E-state index in [1.165, 1.54) is 11.3 Å². The number of hydrogen-bond acceptors (Lipinski definition) is 3. The van der Waals surface area contributed by atoms with Crippen LogP contribution in [0.25, 0.3) is 0 Å². The van der Waals surface area contributed by atoms with Crippen LogP contribution in [0.1, 0.15) is 28.9 Å². The van der Waals surface area contributed by atoms with Crippen molar-refractivity contribution < 1.29 is 9.59 Å². The molecule has 0 radical (unpaired) electrons. The molecule has 3 rings (SSSR count). The number of likely N-dealkylation sites (tertiary alicyclic amines) is 1. The van der Waals surface area contributed by atoms with Crippen LogP contribution in [0.4, 0.5) is 5.69 Å². The maximum Gasteiger partial charge on any atom is 0.264 e. The average Bonchev–Trinajstić information content (AvgIpc) is 3.08. The van der Waals surface area contributed by atoms with Crippen molar-refractivity contribution in [1.29, 1.82) is 0 Å². The number of carbonyl (C=O) groups is 2. The summed E-state index contributed by atoms with van der Waals surface area (Å²) in [5, 5.41) is 5.31. The minimum atomic E-state index is -0.433. The first-order valence-electron chi connectivity index (χ1n) is 7.56. The zero-order chi connectivity index (χ0) is 16.2. The van der Waals surface area contributed by atoms with Gasteiger partial charge in [-0.2, -0.15) is 0 Å². The van der Waals surface area contributed by atoms with E-state index < -0.39 is 6.04 Å². The van der Waals surface area contributed by atoms with Gasteiger partial charge in [-0.1, -0.05) is 23.7 Å². The molecule has 1 atom stereocenters. The highest BCUT2D eigenvalue weighted by atomic mass is 35.5. The Morgan fingerprint density at radius 1 is 1.22 bits per heavy atom. The molecule has 1 aromatic carbocycles. The summed E-state index contributed by atoms with van der Waals surface area (Å²) in [7, 11) is 0.